The molecule has 5 nitrogen and oxygen atoms in total. The van der Waals surface area contributed by atoms with E-state index in [0.717, 1.165) is 0 Å². The van der Waals surface area contributed by atoms with Gasteiger partial charge in [0.05, 0.1) is 6.20 Å². The molecule has 0 radical (unpaired) electrons. The SMILES string of the molecule is Nc1cc(Br)nc(Sc2ncco2)n1. The number of nitrogens with two attached hydrogens (primary N) is 1. The summed E-state index contributed by atoms with van der Waals surface area (Å²) in [4.78, 5) is 12.0. The standard InChI is InChI=1S/C7H5BrN4OS/c8-4-3-5(9)12-6(11-4)14-7-10-1-2-13-7/h1-3H,(H2,9,11,12). The van der Waals surface area contributed by atoms with Gasteiger partial charge in [-0.15, -0.1) is 0 Å². The van der Waals surface area contributed by atoms with Crippen LogP contribution in [-0.2, 0) is 0 Å². The van der Waals surface area contributed by atoms with Crippen molar-refractivity contribution in [1.29, 1.82) is 0 Å². The van der Waals surface area contributed by atoms with Gasteiger partial charge in [0.2, 0.25) is 0 Å². The fourth-order valence-electron chi connectivity index (χ4n) is 0.798. The maximum absolute atomic E-state index is 5.54. The second-order valence-corrected chi connectivity index (χ2v) is 4.03. The Morgan fingerprint density at radius 2 is 2.29 bits per heavy atom. The lowest BCUT2D eigenvalue weighted by Gasteiger charge is -1.97. The maximum atomic E-state index is 5.54. The van der Waals surface area contributed by atoms with Gasteiger partial charge in [-0.05, 0) is 15.9 Å². The Hall–Kier alpha value is -1.08. The first-order chi connectivity index (χ1) is 6.74. The summed E-state index contributed by atoms with van der Waals surface area (Å²) in [6.45, 7) is 0. The normalized spacial score (nSPS) is 10.4. The molecule has 0 aromatic carbocycles. The molecule has 0 atom stereocenters. The number of hydrogen-bond donors (Lipinski definition) is 1. The van der Waals surface area contributed by atoms with Crippen LogP contribution in [0.2, 0.25) is 0 Å². The average molecular weight is 273 g/mol. The number of nitrogens with zero attached hydrogens (tertiary/aromatic N) is 3. The number of hydrogen-bond acceptors (Lipinski definition) is 6. The minimum absolute atomic E-state index is 0.404. The monoisotopic (exact) mass is 272 g/mol. The molecule has 72 valence electrons. The van der Waals surface area contributed by atoms with Crippen molar-refractivity contribution in [3.63, 3.8) is 0 Å². The lowest BCUT2D eigenvalue weighted by atomic mass is 10.6. The zero-order valence-corrected chi connectivity index (χ0v) is 9.25. The molecule has 14 heavy (non-hydrogen) atoms. The fraction of sp³-hybridized carbons (Fsp3) is 0. The van der Waals surface area contributed by atoms with E-state index >= 15 is 0 Å². The molecule has 0 aliphatic carbocycles. The fourth-order valence-corrected chi connectivity index (χ4v) is 1.99. The van der Waals surface area contributed by atoms with E-state index in [0.29, 0.717) is 20.8 Å². The van der Waals surface area contributed by atoms with Crippen molar-refractivity contribution in [1.82, 2.24) is 15.0 Å². The third-order valence-corrected chi connectivity index (χ3v) is 2.43. The van der Waals surface area contributed by atoms with E-state index in [1.807, 2.05) is 0 Å². The Labute approximate surface area is 92.3 Å². The van der Waals surface area contributed by atoms with E-state index in [2.05, 4.69) is 30.9 Å². The molecule has 0 amide bonds. The van der Waals surface area contributed by atoms with Crippen molar-refractivity contribution in [2.75, 3.05) is 5.73 Å². The number of anilines is 1. The molecule has 2 heterocycles. The summed E-state index contributed by atoms with van der Waals surface area (Å²) in [6, 6.07) is 1.62. The molecule has 2 N–H and O–H groups in total. The molecule has 2 aromatic heterocycles. The minimum Gasteiger partial charge on any atom is -0.440 e. The van der Waals surface area contributed by atoms with Crippen LogP contribution in [-0.4, -0.2) is 15.0 Å². The highest BCUT2D eigenvalue weighted by molar-refractivity contribution is 9.10. The quantitative estimate of drug-likeness (QED) is 0.665. The Balaban J connectivity index is 2.25. The maximum Gasteiger partial charge on any atom is 0.263 e. The molecule has 2 aromatic rings. The van der Waals surface area contributed by atoms with Gasteiger partial charge in [-0.3, -0.25) is 0 Å². The van der Waals surface area contributed by atoms with E-state index in [1.54, 1.807) is 12.3 Å². The summed E-state index contributed by atoms with van der Waals surface area (Å²) in [5.41, 5.74) is 5.54. The van der Waals surface area contributed by atoms with Gasteiger partial charge < -0.3 is 10.2 Å². The minimum atomic E-state index is 0.404. The van der Waals surface area contributed by atoms with E-state index < -0.39 is 0 Å². The van der Waals surface area contributed by atoms with Gasteiger partial charge in [0, 0.05) is 17.8 Å². The summed E-state index contributed by atoms with van der Waals surface area (Å²) in [5.74, 6) is 0.404. The van der Waals surface area contributed by atoms with Crippen LogP contribution < -0.4 is 5.73 Å². The van der Waals surface area contributed by atoms with Crippen molar-refractivity contribution in [3.05, 3.63) is 23.1 Å². The molecule has 0 aliphatic heterocycles. The highest BCUT2D eigenvalue weighted by Crippen LogP contribution is 2.24. The highest BCUT2D eigenvalue weighted by Gasteiger charge is 2.06. The molecule has 0 fully saturated rings. The molecule has 0 unspecified atom stereocenters. The number of aromatic nitrogens is 3. The van der Waals surface area contributed by atoms with Crippen LogP contribution >= 0.6 is 27.7 Å². The summed E-state index contributed by atoms with van der Waals surface area (Å²) < 4.78 is 5.67. The van der Waals surface area contributed by atoms with Gasteiger partial charge >= 0.3 is 0 Å². The van der Waals surface area contributed by atoms with E-state index in [9.17, 15) is 0 Å². The third kappa shape index (κ3) is 2.24. The third-order valence-electron chi connectivity index (χ3n) is 1.28. The summed E-state index contributed by atoms with van der Waals surface area (Å²) in [5, 5.41) is 0.988. The Bertz CT molecular complexity index is 413. The zero-order valence-electron chi connectivity index (χ0n) is 6.85. The number of oxazole rings is 1. The van der Waals surface area contributed by atoms with Crippen LogP contribution in [0.1, 0.15) is 0 Å². The summed E-state index contributed by atoms with van der Waals surface area (Å²) in [7, 11) is 0. The second-order valence-electron chi connectivity index (χ2n) is 2.30. The Morgan fingerprint density at radius 1 is 1.43 bits per heavy atom. The molecule has 7 heteroatoms. The second kappa shape index (κ2) is 3.97. The molecule has 0 saturated heterocycles. The molecular formula is C7H5BrN4OS. The number of nitrogen functional groups attached to an aromatic ring is 1. The summed E-state index contributed by atoms with van der Waals surface area (Å²) >= 11 is 4.43. The van der Waals surface area contributed by atoms with Gasteiger partial charge in [-0.2, -0.15) is 0 Å². The first kappa shape index (κ1) is 9.47. The highest BCUT2D eigenvalue weighted by atomic mass is 79.9. The van der Waals surface area contributed by atoms with Gasteiger partial charge in [-0.1, -0.05) is 0 Å². The number of rotatable bonds is 2. The average Bonchev–Trinajstić information content (AvgIpc) is 2.54. The Morgan fingerprint density at radius 3 is 2.93 bits per heavy atom. The lowest BCUT2D eigenvalue weighted by molar-refractivity contribution is 0.453. The van der Waals surface area contributed by atoms with Gasteiger partial charge in [0.15, 0.2) is 5.16 Å². The molecule has 0 aliphatic rings. The predicted molar refractivity (Wildman–Crippen MR) is 54.8 cm³/mol. The molecule has 0 saturated carbocycles. The van der Waals surface area contributed by atoms with Crippen LogP contribution in [0.3, 0.4) is 0 Å². The van der Waals surface area contributed by atoms with Gasteiger partial charge in [0.25, 0.3) is 5.22 Å². The van der Waals surface area contributed by atoms with Gasteiger partial charge in [-0.25, -0.2) is 15.0 Å². The van der Waals surface area contributed by atoms with Crippen molar-refractivity contribution in [2.24, 2.45) is 0 Å². The first-order valence-corrected chi connectivity index (χ1v) is 5.22. The van der Waals surface area contributed by atoms with E-state index in [4.69, 9.17) is 10.2 Å². The van der Waals surface area contributed by atoms with Crippen molar-refractivity contribution in [3.8, 4) is 0 Å². The van der Waals surface area contributed by atoms with Crippen LogP contribution in [0.5, 0.6) is 0 Å². The van der Waals surface area contributed by atoms with Crippen LogP contribution in [0.25, 0.3) is 0 Å². The van der Waals surface area contributed by atoms with Crippen molar-refractivity contribution in [2.45, 2.75) is 10.4 Å². The van der Waals surface area contributed by atoms with Crippen LogP contribution in [0, 0.1) is 0 Å². The van der Waals surface area contributed by atoms with Crippen LogP contribution in [0.4, 0.5) is 5.82 Å². The topological polar surface area (TPSA) is 77.8 Å². The smallest absolute Gasteiger partial charge is 0.263 e. The lowest BCUT2D eigenvalue weighted by Crippen LogP contribution is -1.94. The van der Waals surface area contributed by atoms with Crippen LogP contribution in [0.15, 0.2) is 37.9 Å². The van der Waals surface area contributed by atoms with Crippen molar-refractivity contribution < 1.29 is 4.42 Å². The Kier molecular flexibility index (Phi) is 2.69. The van der Waals surface area contributed by atoms with E-state index in [1.165, 1.54) is 18.0 Å². The van der Waals surface area contributed by atoms with Crippen molar-refractivity contribution >= 4 is 33.5 Å². The summed E-state index contributed by atoms with van der Waals surface area (Å²) in [6.07, 6.45) is 3.05. The molecule has 2 rings (SSSR count). The zero-order chi connectivity index (χ0) is 9.97. The molecular weight excluding hydrogens is 268 g/mol. The molecule has 0 bridgehead atoms. The van der Waals surface area contributed by atoms with Gasteiger partial charge in [0.1, 0.15) is 16.7 Å². The largest absolute Gasteiger partial charge is 0.440 e. The molecule has 0 spiro atoms. The van der Waals surface area contributed by atoms with E-state index in [-0.39, 0.29) is 0 Å². The predicted octanol–water partition coefficient (Wildman–Crippen LogP) is 1.96. The first-order valence-electron chi connectivity index (χ1n) is 3.61. The number of halogens is 1.